The number of halogens is 1. The molecule has 1 unspecified atom stereocenters. The average Bonchev–Trinajstić information content (AvgIpc) is 2.36. The van der Waals surface area contributed by atoms with E-state index in [1.165, 1.54) is 0 Å². The standard InChI is InChI=1S/C11H13BrN2O3/c12-7-2-1-3-8(10(7)15)14-11(16)9-6-17-5-4-13-9/h1-3,9,13,15H,4-6H2,(H,14,16). The third-order valence-corrected chi connectivity index (χ3v) is 3.12. The van der Waals surface area contributed by atoms with E-state index in [2.05, 4.69) is 26.6 Å². The molecule has 0 bridgehead atoms. The Morgan fingerprint density at radius 1 is 1.59 bits per heavy atom. The molecule has 1 aromatic rings. The molecule has 5 nitrogen and oxygen atoms in total. The highest BCUT2D eigenvalue weighted by Crippen LogP contribution is 2.31. The summed E-state index contributed by atoms with van der Waals surface area (Å²) in [5.41, 5.74) is 0.386. The number of para-hydroxylation sites is 1. The summed E-state index contributed by atoms with van der Waals surface area (Å²) in [6.45, 7) is 1.62. The Kier molecular flexibility index (Phi) is 3.98. The molecule has 1 amide bonds. The monoisotopic (exact) mass is 300 g/mol. The van der Waals surface area contributed by atoms with E-state index in [-0.39, 0.29) is 17.7 Å². The van der Waals surface area contributed by atoms with Gasteiger partial charge >= 0.3 is 0 Å². The summed E-state index contributed by atoms with van der Waals surface area (Å²) >= 11 is 3.19. The lowest BCUT2D eigenvalue weighted by Crippen LogP contribution is -2.48. The van der Waals surface area contributed by atoms with Gasteiger partial charge in [-0.25, -0.2) is 0 Å². The minimum Gasteiger partial charge on any atom is -0.505 e. The molecule has 1 atom stereocenters. The molecule has 0 saturated carbocycles. The molecule has 0 aliphatic carbocycles. The fourth-order valence-electron chi connectivity index (χ4n) is 1.57. The lowest BCUT2D eigenvalue weighted by atomic mass is 10.2. The maximum atomic E-state index is 11.9. The molecule has 1 aromatic carbocycles. The van der Waals surface area contributed by atoms with Crippen molar-refractivity contribution in [1.29, 1.82) is 0 Å². The van der Waals surface area contributed by atoms with Crippen LogP contribution in [0.25, 0.3) is 0 Å². The van der Waals surface area contributed by atoms with Crippen molar-refractivity contribution < 1.29 is 14.6 Å². The van der Waals surface area contributed by atoms with E-state index in [1.54, 1.807) is 18.2 Å². The van der Waals surface area contributed by atoms with Crippen LogP contribution in [0.1, 0.15) is 0 Å². The number of anilines is 1. The fraction of sp³-hybridized carbons (Fsp3) is 0.364. The van der Waals surface area contributed by atoms with Gasteiger partial charge < -0.3 is 20.5 Å². The van der Waals surface area contributed by atoms with Crippen molar-refractivity contribution in [2.24, 2.45) is 0 Å². The SMILES string of the molecule is O=C(Nc1cccc(Br)c1O)C1COCCN1. The van der Waals surface area contributed by atoms with Crippen molar-refractivity contribution >= 4 is 27.5 Å². The van der Waals surface area contributed by atoms with Crippen molar-refractivity contribution in [3.63, 3.8) is 0 Å². The molecule has 1 aliphatic heterocycles. The maximum Gasteiger partial charge on any atom is 0.244 e. The van der Waals surface area contributed by atoms with E-state index < -0.39 is 0 Å². The quantitative estimate of drug-likeness (QED) is 0.715. The number of aromatic hydroxyl groups is 1. The molecule has 0 aromatic heterocycles. The Labute approximate surface area is 107 Å². The molecule has 6 heteroatoms. The number of rotatable bonds is 2. The summed E-state index contributed by atoms with van der Waals surface area (Å²) in [6, 6.07) is 4.71. The van der Waals surface area contributed by atoms with Gasteiger partial charge in [0, 0.05) is 6.54 Å². The summed E-state index contributed by atoms with van der Waals surface area (Å²) in [6.07, 6.45) is 0. The Bertz CT molecular complexity index is 419. The van der Waals surface area contributed by atoms with Crippen LogP contribution in [-0.2, 0) is 9.53 Å². The zero-order chi connectivity index (χ0) is 12.3. The number of benzene rings is 1. The highest BCUT2D eigenvalue weighted by Gasteiger charge is 2.22. The smallest absolute Gasteiger partial charge is 0.244 e. The van der Waals surface area contributed by atoms with Crippen molar-refractivity contribution in [3.05, 3.63) is 22.7 Å². The summed E-state index contributed by atoms with van der Waals surface area (Å²) in [7, 11) is 0. The second-order valence-corrected chi connectivity index (χ2v) is 4.56. The molecule has 0 spiro atoms. The van der Waals surface area contributed by atoms with E-state index >= 15 is 0 Å². The molecular formula is C11H13BrN2O3. The second kappa shape index (κ2) is 5.48. The number of carbonyl (C=O) groups is 1. The van der Waals surface area contributed by atoms with Gasteiger partial charge in [0.1, 0.15) is 6.04 Å². The summed E-state index contributed by atoms with van der Waals surface area (Å²) in [5, 5.41) is 15.4. The fourth-order valence-corrected chi connectivity index (χ4v) is 1.94. The molecule has 2 rings (SSSR count). The molecule has 3 N–H and O–H groups in total. The topological polar surface area (TPSA) is 70.6 Å². The molecular weight excluding hydrogens is 288 g/mol. The third kappa shape index (κ3) is 2.96. The van der Waals surface area contributed by atoms with Gasteiger partial charge in [0.15, 0.2) is 5.75 Å². The minimum absolute atomic E-state index is 0.0255. The largest absolute Gasteiger partial charge is 0.505 e. The lowest BCUT2D eigenvalue weighted by molar-refractivity contribution is -0.120. The van der Waals surface area contributed by atoms with Gasteiger partial charge in [-0.05, 0) is 28.1 Å². The van der Waals surface area contributed by atoms with Crippen LogP contribution in [0.5, 0.6) is 5.75 Å². The Balaban J connectivity index is 2.04. The number of morpholine rings is 1. The summed E-state index contributed by atoms with van der Waals surface area (Å²) in [4.78, 5) is 11.9. The first-order valence-electron chi connectivity index (χ1n) is 5.28. The third-order valence-electron chi connectivity index (χ3n) is 2.48. The van der Waals surface area contributed by atoms with Crippen molar-refractivity contribution in [2.75, 3.05) is 25.1 Å². The number of phenols is 1. The summed E-state index contributed by atoms with van der Waals surface area (Å²) in [5.74, 6) is -0.185. The van der Waals surface area contributed by atoms with Gasteiger partial charge in [-0.2, -0.15) is 0 Å². The molecule has 17 heavy (non-hydrogen) atoms. The molecule has 92 valence electrons. The number of carbonyl (C=O) groups excluding carboxylic acids is 1. The Hall–Kier alpha value is -1.11. The van der Waals surface area contributed by atoms with Gasteiger partial charge in [-0.15, -0.1) is 0 Å². The van der Waals surface area contributed by atoms with Gasteiger partial charge in [0.05, 0.1) is 23.4 Å². The van der Waals surface area contributed by atoms with Crippen LogP contribution in [0.3, 0.4) is 0 Å². The molecule has 1 fully saturated rings. The van der Waals surface area contributed by atoms with Gasteiger partial charge in [0.25, 0.3) is 0 Å². The van der Waals surface area contributed by atoms with Gasteiger partial charge in [-0.1, -0.05) is 6.07 Å². The van der Waals surface area contributed by atoms with Crippen LogP contribution < -0.4 is 10.6 Å². The van der Waals surface area contributed by atoms with Crippen LogP contribution in [0.4, 0.5) is 5.69 Å². The van der Waals surface area contributed by atoms with E-state index in [9.17, 15) is 9.90 Å². The van der Waals surface area contributed by atoms with Gasteiger partial charge in [-0.3, -0.25) is 4.79 Å². The second-order valence-electron chi connectivity index (χ2n) is 3.71. The number of phenolic OH excluding ortho intramolecular Hbond substituents is 1. The maximum absolute atomic E-state index is 11.9. The number of ether oxygens (including phenoxy) is 1. The highest BCUT2D eigenvalue weighted by molar-refractivity contribution is 9.10. The molecule has 1 saturated heterocycles. The Morgan fingerprint density at radius 3 is 3.12 bits per heavy atom. The van der Waals surface area contributed by atoms with Crippen LogP contribution in [-0.4, -0.2) is 36.8 Å². The average molecular weight is 301 g/mol. The van der Waals surface area contributed by atoms with E-state index in [0.29, 0.717) is 29.9 Å². The predicted molar refractivity (Wildman–Crippen MR) is 67.0 cm³/mol. The number of nitrogens with one attached hydrogen (secondary N) is 2. The van der Waals surface area contributed by atoms with Gasteiger partial charge in [0.2, 0.25) is 5.91 Å². The Morgan fingerprint density at radius 2 is 2.41 bits per heavy atom. The zero-order valence-electron chi connectivity index (χ0n) is 9.07. The first-order chi connectivity index (χ1) is 8.18. The van der Waals surface area contributed by atoms with Crippen LogP contribution in [0.15, 0.2) is 22.7 Å². The highest BCUT2D eigenvalue weighted by atomic mass is 79.9. The first kappa shape index (κ1) is 12.3. The molecule has 1 aliphatic rings. The summed E-state index contributed by atoms with van der Waals surface area (Å²) < 4.78 is 5.74. The lowest BCUT2D eigenvalue weighted by Gasteiger charge is -2.23. The van der Waals surface area contributed by atoms with Crippen molar-refractivity contribution in [1.82, 2.24) is 5.32 Å². The van der Waals surface area contributed by atoms with Crippen LogP contribution >= 0.6 is 15.9 Å². The first-order valence-corrected chi connectivity index (χ1v) is 6.07. The van der Waals surface area contributed by atoms with Crippen molar-refractivity contribution in [3.8, 4) is 5.75 Å². The molecule has 0 radical (unpaired) electrons. The molecule has 1 heterocycles. The van der Waals surface area contributed by atoms with E-state index in [1.807, 2.05) is 0 Å². The zero-order valence-corrected chi connectivity index (χ0v) is 10.7. The van der Waals surface area contributed by atoms with Crippen molar-refractivity contribution in [2.45, 2.75) is 6.04 Å². The normalized spacial score (nSPS) is 19.9. The predicted octanol–water partition coefficient (Wildman–Crippen LogP) is 1.08. The number of hydrogen-bond donors (Lipinski definition) is 3. The van der Waals surface area contributed by atoms with Crippen LogP contribution in [0.2, 0.25) is 0 Å². The van der Waals surface area contributed by atoms with E-state index in [0.717, 1.165) is 0 Å². The minimum atomic E-state index is -0.373. The van der Waals surface area contributed by atoms with E-state index in [4.69, 9.17) is 4.74 Å². The van der Waals surface area contributed by atoms with Crippen LogP contribution in [0, 0.1) is 0 Å². The number of amides is 1. The number of hydrogen-bond acceptors (Lipinski definition) is 4.